The fourth-order valence-corrected chi connectivity index (χ4v) is 8.02. The van der Waals surface area contributed by atoms with E-state index in [0.29, 0.717) is 42.0 Å². The van der Waals surface area contributed by atoms with Crippen molar-refractivity contribution < 1.29 is 28.2 Å². The van der Waals surface area contributed by atoms with Gasteiger partial charge in [-0.15, -0.1) is 0 Å². The highest BCUT2D eigenvalue weighted by atomic mass is 16.5. The molecule has 1 aliphatic carbocycles. The molecule has 2 aromatic carbocycles. The molecular weight excluding hydrogens is 668 g/mol. The largest absolute Gasteiger partial charge is 0.618 e. The van der Waals surface area contributed by atoms with Crippen molar-refractivity contribution in [3.05, 3.63) is 93.0 Å². The van der Waals surface area contributed by atoms with Crippen LogP contribution < -0.4 is 15.3 Å². The van der Waals surface area contributed by atoms with Gasteiger partial charge in [0.25, 0.3) is 0 Å². The number of anilines is 1. The van der Waals surface area contributed by atoms with Crippen LogP contribution in [0.25, 0.3) is 22.6 Å². The van der Waals surface area contributed by atoms with Crippen molar-refractivity contribution in [1.29, 1.82) is 0 Å². The molecule has 2 unspecified atom stereocenters. The van der Waals surface area contributed by atoms with E-state index in [2.05, 4.69) is 39.8 Å². The first-order valence-corrected chi connectivity index (χ1v) is 18.7. The van der Waals surface area contributed by atoms with Gasteiger partial charge in [0, 0.05) is 56.1 Å². The Morgan fingerprint density at radius 1 is 1.11 bits per heavy atom. The number of fused-ring (bicyclic) bond motifs is 6. The van der Waals surface area contributed by atoms with E-state index >= 15 is 0 Å². The average Bonchev–Trinajstić information content (AvgIpc) is 3.33. The van der Waals surface area contributed by atoms with Crippen molar-refractivity contribution in [2.24, 2.45) is 10.8 Å². The highest BCUT2D eigenvalue weighted by Crippen LogP contribution is 2.53. The maximum absolute atomic E-state index is 13.8. The number of rotatable bonds is 12. The Bertz CT molecular complexity index is 2110. The van der Waals surface area contributed by atoms with E-state index in [9.17, 15) is 14.8 Å². The highest BCUT2D eigenvalue weighted by molar-refractivity contribution is 6.28. The van der Waals surface area contributed by atoms with Crippen molar-refractivity contribution in [2.45, 2.75) is 105 Å². The normalized spacial score (nSPS) is 20.5. The van der Waals surface area contributed by atoms with Crippen LogP contribution in [0.5, 0.6) is 5.75 Å². The van der Waals surface area contributed by atoms with Gasteiger partial charge in [-0.05, 0) is 102 Å². The van der Waals surface area contributed by atoms with E-state index in [-0.39, 0.29) is 35.7 Å². The van der Waals surface area contributed by atoms with Crippen LogP contribution in [0.15, 0.2) is 69.9 Å². The number of nitrogens with zero attached hydrogens (tertiary/aromatic N) is 2. The Morgan fingerprint density at radius 2 is 1.87 bits per heavy atom. The molecule has 0 N–H and O–H groups in total. The Hall–Kier alpha value is -4.63. The molecule has 3 aliphatic rings. The molecule has 9 nitrogen and oxygen atoms in total. The Morgan fingerprint density at radius 3 is 2.60 bits per heavy atom. The molecule has 0 fully saturated rings. The average molecular weight is 723 g/mol. The smallest absolute Gasteiger partial charge is 0.339 e. The van der Waals surface area contributed by atoms with Gasteiger partial charge in [-0.1, -0.05) is 32.1 Å². The number of hydrogen-bond acceptors (Lipinski definition) is 8. The zero-order chi connectivity index (χ0) is 38.5. The van der Waals surface area contributed by atoms with Crippen LogP contribution in [0.3, 0.4) is 0 Å². The second-order valence-electron chi connectivity index (χ2n) is 17.2. The number of hydrogen-bond donors (Lipinski definition) is 0. The first kappa shape index (κ1) is 38.1. The minimum absolute atomic E-state index is 0.000582. The third-order valence-corrected chi connectivity index (χ3v) is 10.4. The Balaban J connectivity index is 0.986. The lowest BCUT2D eigenvalue weighted by Gasteiger charge is -2.36. The number of carbonyl (C=O) groups excluding carboxylic acids is 1. The molecule has 282 valence electrons. The van der Waals surface area contributed by atoms with Crippen molar-refractivity contribution >= 4 is 45.7 Å². The summed E-state index contributed by atoms with van der Waals surface area (Å²) in [6.45, 7) is 17.1. The molecule has 3 aromatic rings. The van der Waals surface area contributed by atoms with Crippen LogP contribution in [-0.4, -0.2) is 54.4 Å². The minimum Gasteiger partial charge on any atom is -0.618 e. The summed E-state index contributed by atoms with van der Waals surface area (Å²) < 4.78 is 25.0. The van der Waals surface area contributed by atoms with Gasteiger partial charge >= 0.3 is 11.6 Å². The third-order valence-electron chi connectivity index (χ3n) is 10.4. The molecule has 6 rings (SSSR count). The molecule has 0 radical (unpaired) electrons. The molecule has 0 saturated heterocycles. The predicted molar refractivity (Wildman–Crippen MR) is 212 cm³/mol. The van der Waals surface area contributed by atoms with Crippen molar-refractivity contribution in [2.75, 3.05) is 25.6 Å². The van der Waals surface area contributed by atoms with Gasteiger partial charge in [0.05, 0.1) is 34.3 Å². The SMILES string of the molecule is CC(CCOC(C)(C)/C=C/CC1(C)C=Cc2c(ccc3c2[N+]([O-])=C2C3=CC(C)(C)CC2(C)C)O1)OC(=O)CCc1cc2ccc(N(C)C)cc2oc1=O. The first-order chi connectivity index (χ1) is 24.8. The number of aryl methyl sites for hydroxylation is 1. The summed E-state index contributed by atoms with van der Waals surface area (Å²) in [6, 6.07) is 11.5. The van der Waals surface area contributed by atoms with Gasteiger partial charge in [0.15, 0.2) is 0 Å². The van der Waals surface area contributed by atoms with E-state index < -0.39 is 16.8 Å². The molecule has 2 atom stereocenters. The summed E-state index contributed by atoms with van der Waals surface area (Å²) in [6.07, 6.45) is 12.5. The molecule has 0 saturated carbocycles. The van der Waals surface area contributed by atoms with E-state index in [0.717, 1.165) is 44.6 Å². The topological polar surface area (TPSA) is 104 Å². The van der Waals surface area contributed by atoms with Crippen LogP contribution in [0.2, 0.25) is 0 Å². The van der Waals surface area contributed by atoms with Gasteiger partial charge in [-0.3, -0.25) is 4.79 Å². The molecule has 0 spiro atoms. The quantitative estimate of drug-likeness (QED) is 0.0600. The van der Waals surface area contributed by atoms with Crippen LogP contribution >= 0.6 is 0 Å². The van der Waals surface area contributed by atoms with Crippen LogP contribution in [0.1, 0.15) is 97.8 Å². The standard InChI is InChI=1S/C44H54N2O7/c1-28(51-37(47)17-13-30-24-29-12-14-31(45(9)10)25-36(29)52-40(30)48)19-23-50-43(6,7)20-11-21-44(8)22-18-33-35(53-44)16-15-32-34-26-41(2,3)27-42(4,5)39(34)46(49)38(32)33/h11-12,14-16,18,20,22,24-26,28H,13,17,19,21,23,27H2,1-10H3/b20-11+. The molecule has 0 bridgehead atoms. The molecule has 9 heteroatoms. The lowest BCUT2D eigenvalue weighted by molar-refractivity contribution is -0.361. The number of ether oxygens (including phenoxy) is 3. The van der Waals surface area contributed by atoms with Crippen molar-refractivity contribution in [3.63, 3.8) is 0 Å². The molecule has 2 aliphatic heterocycles. The van der Waals surface area contributed by atoms with E-state index in [4.69, 9.17) is 18.6 Å². The van der Waals surface area contributed by atoms with Crippen LogP contribution in [0.4, 0.5) is 11.4 Å². The number of carbonyl (C=O) groups is 1. The lowest BCUT2D eigenvalue weighted by Crippen LogP contribution is -2.36. The fourth-order valence-electron chi connectivity index (χ4n) is 8.02. The van der Waals surface area contributed by atoms with E-state index in [1.165, 1.54) is 0 Å². The predicted octanol–water partition coefficient (Wildman–Crippen LogP) is 9.16. The van der Waals surface area contributed by atoms with Gasteiger partial charge in [0.1, 0.15) is 23.0 Å². The maximum atomic E-state index is 13.8. The summed E-state index contributed by atoms with van der Waals surface area (Å²) in [7, 11) is 3.85. The van der Waals surface area contributed by atoms with Gasteiger partial charge < -0.3 is 28.7 Å². The van der Waals surface area contributed by atoms with Gasteiger partial charge in [0.2, 0.25) is 11.4 Å². The monoisotopic (exact) mass is 722 g/mol. The summed E-state index contributed by atoms with van der Waals surface area (Å²) >= 11 is 0. The minimum atomic E-state index is -0.591. The summed E-state index contributed by atoms with van der Waals surface area (Å²) in [5.74, 6) is 0.336. The van der Waals surface area contributed by atoms with E-state index in [1.807, 2.05) is 95.3 Å². The third kappa shape index (κ3) is 8.15. The zero-order valence-electron chi connectivity index (χ0n) is 32.9. The van der Waals surface area contributed by atoms with E-state index in [1.54, 1.807) is 6.07 Å². The van der Waals surface area contributed by atoms with Gasteiger partial charge in [-0.25, -0.2) is 4.79 Å². The van der Waals surface area contributed by atoms with Crippen LogP contribution in [0, 0.1) is 16.0 Å². The van der Waals surface area contributed by atoms with Gasteiger partial charge in [-0.2, -0.15) is 4.74 Å². The number of esters is 1. The zero-order valence-corrected chi connectivity index (χ0v) is 32.9. The number of benzene rings is 2. The molecule has 53 heavy (non-hydrogen) atoms. The molecular formula is C44H54N2O7. The second-order valence-corrected chi connectivity index (χ2v) is 17.2. The molecule has 1 aromatic heterocycles. The summed E-state index contributed by atoms with van der Waals surface area (Å²) in [5, 5.41) is 14.6. The lowest BCUT2D eigenvalue weighted by atomic mass is 9.65. The summed E-state index contributed by atoms with van der Waals surface area (Å²) in [4.78, 5) is 27.1. The van der Waals surface area contributed by atoms with Crippen molar-refractivity contribution in [3.8, 4) is 5.75 Å². The van der Waals surface area contributed by atoms with Crippen molar-refractivity contribution in [1.82, 2.24) is 0 Å². The molecule has 0 amide bonds. The first-order valence-electron chi connectivity index (χ1n) is 18.7. The molecule has 3 heterocycles. The highest BCUT2D eigenvalue weighted by Gasteiger charge is 2.49. The fraction of sp³-hybridized carbons (Fsp3) is 0.477. The second kappa shape index (κ2) is 14.0. The Labute approximate surface area is 313 Å². The number of allylic oxidation sites excluding steroid dienone is 2. The van der Waals surface area contributed by atoms with Crippen LogP contribution in [-0.2, 0) is 20.7 Å². The maximum Gasteiger partial charge on any atom is 0.339 e. The Kier molecular flexibility index (Phi) is 10.0. The summed E-state index contributed by atoms with van der Waals surface area (Å²) in [5.41, 5.74) is 4.43.